The van der Waals surface area contributed by atoms with E-state index in [1.54, 1.807) is 39.5 Å². The minimum atomic E-state index is -0.942. The second-order valence-corrected chi connectivity index (χ2v) is 11.1. The first-order valence-electron chi connectivity index (χ1n) is 13.1. The maximum atomic E-state index is 14.0. The molecule has 0 heterocycles. The number of carbonyl (C=O) groups is 4. The lowest BCUT2D eigenvalue weighted by Crippen LogP contribution is -2.53. The number of aryl methyl sites for hydroxylation is 2. The van der Waals surface area contributed by atoms with Gasteiger partial charge in [0.15, 0.2) is 0 Å². The molecule has 3 amide bonds. The monoisotopic (exact) mass is 551 g/mol. The van der Waals surface area contributed by atoms with Gasteiger partial charge in [0.05, 0.1) is 13.0 Å². The van der Waals surface area contributed by atoms with Gasteiger partial charge in [-0.2, -0.15) is 11.8 Å². The van der Waals surface area contributed by atoms with Crippen LogP contribution < -0.4 is 10.6 Å². The van der Waals surface area contributed by atoms with Gasteiger partial charge in [0.1, 0.15) is 17.7 Å². The molecule has 10 heteroatoms. The van der Waals surface area contributed by atoms with Crippen LogP contribution in [0.1, 0.15) is 76.6 Å². The van der Waals surface area contributed by atoms with Gasteiger partial charge >= 0.3 is 12.1 Å². The smallest absolute Gasteiger partial charge is 0.408 e. The minimum absolute atomic E-state index is 0.0252. The standard InChI is InChI=1S/C28H45N3O6S/c1-9-16-31(26(34)22(14-17-38-8)30-27(35)37-28(5,6)7)24(21-12-11-19(3)18-20(21)4)25(33)29-15-13-23(32)36-10-2/h11-12,18,22,24H,9-10,13-17H2,1-8H3,(H,29,33)(H,30,35). The van der Waals surface area contributed by atoms with E-state index in [0.717, 1.165) is 11.1 Å². The van der Waals surface area contributed by atoms with Gasteiger partial charge in [0, 0.05) is 13.1 Å². The zero-order valence-electron chi connectivity index (χ0n) is 24.1. The van der Waals surface area contributed by atoms with E-state index in [4.69, 9.17) is 9.47 Å². The van der Waals surface area contributed by atoms with Gasteiger partial charge in [0.2, 0.25) is 11.8 Å². The highest BCUT2D eigenvalue weighted by atomic mass is 32.2. The fourth-order valence-electron chi connectivity index (χ4n) is 3.95. The summed E-state index contributed by atoms with van der Waals surface area (Å²) < 4.78 is 10.4. The fourth-order valence-corrected chi connectivity index (χ4v) is 4.42. The van der Waals surface area contributed by atoms with E-state index in [1.165, 1.54) is 4.90 Å². The number of esters is 1. The molecule has 0 saturated heterocycles. The molecule has 38 heavy (non-hydrogen) atoms. The fraction of sp³-hybridized carbons (Fsp3) is 0.643. The van der Waals surface area contributed by atoms with Crippen molar-refractivity contribution in [3.63, 3.8) is 0 Å². The topological polar surface area (TPSA) is 114 Å². The highest BCUT2D eigenvalue weighted by molar-refractivity contribution is 7.98. The van der Waals surface area contributed by atoms with Crippen LogP contribution in [-0.4, -0.2) is 72.1 Å². The molecule has 0 bridgehead atoms. The number of nitrogens with one attached hydrogen (secondary N) is 2. The van der Waals surface area contributed by atoms with Crippen LogP contribution in [0.2, 0.25) is 0 Å². The summed E-state index contributed by atoms with van der Waals surface area (Å²) >= 11 is 1.56. The van der Waals surface area contributed by atoms with Crippen molar-refractivity contribution in [2.75, 3.05) is 31.7 Å². The van der Waals surface area contributed by atoms with E-state index >= 15 is 0 Å². The van der Waals surface area contributed by atoms with Gasteiger partial charge in [-0.3, -0.25) is 14.4 Å². The molecule has 0 spiro atoms. The second-order valence-electron chi connectivity index (χ2n) is 10.1. The Morgan fingerprint density at radius 2 is 1.79 bits per heavy atom. The summed E-state index contributed by atoms with van der Waals surface area (Å²) in [6.07, 6.45) is 2.25. The molecule has 214 valence electrons. The summed E-state index contributed by atoms with van der Waals surface area (Å²) in [6, 6.07) is 3.91. The van der Waals surface area contributed by atoms with Gasteiger partial charge < -0.3 is 25.0 Å². The molecule has 0 saturated carbocycles. The molecule has 1 aromatic rings. The van der Waals surface area contributed by atoms with E-state index in [1.807, 2.05) is 45.2 Å². The van der Waals surface area contributed by atoms with Crippen molar-refractivity contribution in [2.45, 2.75) is 85.4 Å². The van der Waals surface area contributed by atoms with Gasteiger partial charge in [-0.05, 0) is 77.5 Å². The van der Waals surface area contributed by atoms with Crippen molar-refractivity contribution in [1.29, 1.82) is 0 Å². The van der Waals surface area contributed by atoms with Crippen molar-refractivity contribution >= 4 is 35.6 Å². The predicted molar refractivity (Wildman–Crippen MR) is 151 cm³/mol. The summed E-state index contributed by atoms with van der Waals surface area (Å²) in [5, 5.41) is 5.54. The second kappa shape index (κ2) is 16.3. The van der Waals surface area contributed by atoms with E-state index in [9.17, 15) is 19.2 Å². The molecule has 2 unspecified atom stereocenters. The van der Waals surface area contributed by atoms with E-state index in [-0.39, 0.29) is 25.5 Å². The first kappa shape index (κ1) is 33.3. The van der Waals surface area contributed by atoms with Crippen LogP contribution in [0.15, 0.2) is 18.2 Å². The zero-order chi connectivity index (χ0) is 28.9. The molecule has 0 aliphatic carbocycles. The summed E-state index contributed by atoms with van der Waals surface area (Å²) in [5.74, 6) is -0.538. The summed E-state index contributed by atoms with van der Waals surface area (Å²) in [4.78, 5) is 53.5. The molecular weight excluding hydrogens is 506 g/mol. The SMILES string of the molecule is CCCN(C(=O)C(CCSC)NC(=O)OC(C)(C)C)C(C(=O)NCCC(=O)OCC)c1ccc(C)cc1C. The molecule has 0 aromatic heterocycles. The van der Waals surface area contributed by atoms with Gasteiger partial charge in [-0.15, -0.1) is 0 Å². The third kappa shape index (κ3) is 11.3. The first-order valence-corrected chi connectivity index (χ1v) is 14.5. The number of benzene rings is 1. The molecule has 1 aromatic carbocycles. The van der Waals surface area contributed by atoms with Crippen molar-refractivity contribution in [2.24, 2.45) is 0 Å². The molecule has 2 N–H and O–H groups in total. The Balaban J connectivity index is 3.39. The van der Waals surface area contributed by atoms with Crippen LogP contribution in [0, 0.1) is 13.8 Å². The lowest BCUT2D eigenvalue weighted by atomic mass is 9.96. The molecule has 2 atom stereocenters. The van der Waals surface area contributed by atoms with Crippen LogP contribution in [0.4, 0.5) is 4.79 Å². The zero-order valence-corrected chi connectivity index (χ0v) is 25.0. The van der Waals surface area contributed by atoms with Gasteiger partial charge in [0.25, 0.3) is 0 Å². The predicted octanol–water partition coefficient (Wildman–Crippen LogP) is 4.30. The Kier molecular flexibility index (Phi) is 14.2. The van der Waals surface area contributed by atoms with Crippen molar-refractivity contribution in [3.8, 4) is 0 Å². The number of ether oxygens (including phenoxy) is 2. The summed E-state index contributed by atoms with van der Waals surface area (Å²) in [6.45, 7) is 13.4. The summed E-state index contributed by atoms with van der Waals surface area (Å²) in [7, 11) is 0. The number of hydrogen-bond donors (Lipinski definition) is 2. The van der Waals surface area contributed by atoms with E-state index in [2.05, 4.69) is 10.6 Å². The number of alkyl carbamates (subject to hydrolysis) is 1. The molecule has 0 aliphatic rings. The van der Waals surface area contributed by atoms with Crippen LogP contribution in [0.3, 0.4) is 0 Å². The van der Waals surface area contributed by atoms with Gasteiger partial charge in [-0.25, -0.2) is 4.79 Å². The maximum absolute atomic E-state index is 14.0. The van der Waals surface area contributed by atoms with Crippen molar-refractivity contribution < 1.29 is 28.7 Å². The average molecular weight is 552 g/mol. The number of thioether (sulfide) groups is 1. The molecule has 0 radical (unpaired) electrons. The lowest BCUT2D eigenvalue weighted by Gasteiger charge is -2.35. The highest BCUT2D eigenvalue weighted by Gasteiger charge is 2.36. The molecule has 9 nitrogen and oxygen atoms in total. The quantitative estimate of drug-likeness (QED) is 0.331. The highest BCUT2D eigenvalue weighted by Crippen LogP contribution is 2.27. The van der Waals surface area contributed by atoms with Crippen LogP contribution in [-0.2, 0) is 23.9 Å². The maximum Gasteiger partial charge on any atom is 0.408 e. The van der Waals surface area contributed by atoms with E-state index in [0.29, 0.717) is 30.7 Å². The molecule has 0 fully saturated rings. The molecule has 0 aliphatic heterocycles. The Morgan fingerprint density at radius 1 is 1.11 bits per heavy atom. The summed E-state index contributed by atoms with van der Waals surface area (Å²) in [5.41, 5.74) is 1.86. The number of nitrogens with zero attached hydrogens (tertiary/aromatic N) is 1. The Labute approximate surface area is 231 Å². The Bertz CT molecular complexity index is 947. The third-order valence-electron chi connectivity index (χ3n) is 5.56. The Morgan fingerprint density at radius 3 is 2.34 bits per heavy atom. The lowest BCUT2D eigenvalue weighted by molar-refractivity contribution is -0.144. The number of amides is 3. The number of hydrogen-bond acceptors (Lipinski definition) is 7. The largest absolute Gasteiger partial charge is 0.466 e. The number of rotatable bonds is 14. The minimum Gasteiger partial charge on any atom is -0.466 e. The molecular formula is C28H45N3O6S. The third-order valence-corrected chi connectivity index (χ3v) is 6.20. The van der Waals surface area contributed by atoms with Crippen LogP contribution >= 0.6 is 11.8 Å². The number of carbonyl (C=O) groups excluding carboxylic acids is 4. The first-order chi connectivity index (χ1) is 17.8. The average Bonchev–Trinajstić information content (AvgIpc) is 2.81. The van der Waals surface area contributed by atoms with Crippen molar-refractivity contribution in [3.05, 3.63) is 34.9 Å². The van der Waals surface area contributed by atoms with Crippen LogP contribution in [0.5, 0.6) is 0 Å². The van der Waals surface area contributed by atoms with Crippen LogP contribution in [0.25, 0.3) is 0 Å². The Hall–Kier alpha value is -2.75. The normalized spacial score (nSPS) is 12.7. The van der Waals surface area contributed by atoms with Gasteiger partial charge in [-0.1, -0.05) is 30.7 Å². The molecule has 1 rings (SSSR count). The van der Waals surface area contributed by atoms with E-state index < -0.39 is 35.7 Å². The van der Waals surface area contributed by atoms with Crippen molar-refractivity contribution in [1.82, 2.24) is 15.5 Å².